The lowest BCUT2D eigenvalue weighted by Crippen LogP contribution is -2.49. The zero-order valence-corrected chi connectivity index (χ0v) is 23.7. The Bertz CT molecular complexity index is 1200. The number of nitriles is 1. The van der Waals surface area contributed by atoms with Crippen LogP contribution in [0.4, 0.5) is 22.2 Å². The summed E-state index contributed by atoms with van der Waals surface area (Å²) in [5, 5.41) is 18.3. The Morgan fingerprint density at radius 3 is 2.49 bits per heavy atom. The molecule has 2 rings (SSSR count). The molecule has 1 heterocycles. The van der Waals surface area contributed by atoms with Crippen molar-refractivity contribution in [1.29, 1.82) is 5.26 Å². The monoisotopic (exact) mass is 533 g/mol. The predicted molar refractivity (Wildman–Crippen MR) is 152 cm³/mol. The van der Waals surface area contributed by atoms with E-state index in [1.165, 1.54) is 4.90 Å². The smallest absolute Gasteiger partial charge is 0.410 e. The van der Waals surface area contributed by atoms with Gasteiger partial charge in [0.05, 0.1) is 23.4 Å². The maximum Gasteiger partial charge on any atom is 0.410 e. The number of likely N-dealkylation sites (N-methyl/N-ethyl adjacent to an activating group) is 1. The second kappa shape index (κ2) is 15.2. The van der Waals surface area contributed by atoms with Crippen LogP contribution >= 0.6 is 0 Å². The van der Waals surface area contributed by atoms with Gasteiger partial charge in [0.15, 0.2) is 0 Å². The number of hydrogen-bond donors (Lipinski definition) is 3. The van der Waals surface area contributed by atoms with Gasteiger partial charge in [0.25, 0.3) is 0 Å². The van der Waals surface area contributed by atoms with E-state index >= 15 is 0 Å². The Balaban J connectivity index is 1.93. The van der Waals surface area contributed by atoms with Crippen LogP contribution in [0.2, 0.25) is 0 Å². The third-order valence-electron chi connectivity index (χ3n) is 5.44. The van der Waals surface area contributed by atoms with E-state index in [4.69, 9.17) is 10.00 Å². The van der Waals surface area contributed by atoms with Crippen LogP contribution in [-0.4, -0.2) is 58.6 Å². The normalized spacial score (nSPS) is 11.3. The number of amides is 2. The third kappa shape index (κ3) is 10.5. The first-order chi connectivity index (χ1) is 18.6. The minimum absolute atomic E-state index is 0.219. The highest BCUT2D eigenvalue weighted by atomic mass is 16.6. The summed E-state index contributed by atoms with van der Waals surface area (Å²) in [6.07, 6.45) is 3.77. The second-order valence-electron chi connectivity index (χ2n) is 9.91. The molecule has 0 fully saturated rings. The number of ether oxygens (including phenoxy) is 1. The van der Waals surface area contributed by atoms with E-state index in [-0.39, 0.29) is 5.91 Å². The summed E-state index contributed by atoms with van der Waals surface area (Å²) in [7, 11) is 1.57. The molecule has 0 unspecified atom stereocenters. The van der Waals surface area contributed by atoms with E-state index in [2.05, 4.69) is 50.8 Å². The lowest BCUT2D eigenvalue weighted by atomic mass is 10.1. The van der Waals surface area contributed by atoms with Gasteiger partial charge in [-0.3, -0.25) is 9.69 Å². The molecule has 10 heteroatoms. The number of rotatable bonds is 11. The maximum absolute atomic E-state index is 12.6. The molecule has 0 bridgehead atoms. The van der Waals surface area contributed by atoms with Crippen molar-refractivity contribution in [3.05, 3.63) is 41.6 Å². The molecule has 2 aromatic rings. The molecule has 208 valence electrons. The van der Waals surface area contributed by atoms with Crippen molar-refractivity contribution in [3.8, 4) is 17.9 Å². The van der Waals surface area contributed by atoms with Crippen LogP contribution in [0.5, 0.6) is 0 Å². The van der Waals surface area contributed by atoms with Gasteiger partial charge < -0.3 is 20.7 Å². The second-order valence-corrected chi connectivity index (χ2v) is 9.91. The van der Waals surface area contributed by atoms with Crippen molar-refractivity contribution in [2.75, 3.05) is 30.8 Å². The largest absolute Gasteiger partial charge is 0.444 e. The molecule has 1 aromatic carbocycles. The Labute approximate surface area is 231 Å². The molecule has 0 saturated heterocycles. The number of aromatic nitrogens is 2. The molecular weight excluding hydrogens is 494 g/mol. The van der Waals surface area contributed by atoms with Crippen molar-refractivity contribution in [1.82, 2.24) is 20.2 Å². The van der Waals surface area contributed by atoms with Gasteiger partial charge in [-0.1, -0.05) is 25.7 Å². The number of hydrogen-bond acceptors (Lipinski definition) is 8. The molecule has 1 atom stereocenters. The zero-order chi connectivity index (χ0) is 28.8. The highest BCUT2D eigenvalue weighted by Crippen LogP contribution is 2.18. The molecule has 0 aliphatic heterocycles. The summed E-state index contributed by atoms with van der Waals surface area (Å²) in [4.78, 5) is 35.2. The van der Waals surface area contributed by atoms with E-state index in [9.17, 15) is 9.59 Å². The van der Waals surface area contributed by atoms with E-state index in [0.29, 0.717) is 48.7 Å². The topological polar surface area (TPSA) is 132 Å². The summed E-state index contributed by atoms with van der Waals surface area (Å²) in [5.41, 5.74) is 1.41. The van der Waals surface area contributed by atoms with Crippen LogP contribution in [0.1, 0.15) is 71.4 Å². The first-order valence-corrected chi connectivity index (χ1v) is 13.2. The van der Waals surface area contributed by atoms with E-state index in [0.717, 1.165) is 18.7 Å². The van der Waals surface area contributed by atoms with Crippen LogP contribution in [0, 0.1) is 23.2 Å². The summed E-state index contributed by atoms with van der Waals surface area (Å²) < 4.78 is 5.37. The van der Waals surface area contributed by atoms with Crippen LogP contribution in [0.25, 0.3) is 0 Å². The zero-order valence-electron chi connectivity index (χ0n) is 23.7. The Morgan fingerprint density at radius 2 is 1.87 bits per heavy atom. The summed E-state index contributed by atoms with van der Waals surface area (Å²) >= 11 is 0. The average molecular weight is 534 g/mol. The van der Waals surface area contributed by atoms with E-state index in [1.54, 1.807) is 58.3 Å². The molecular formula is C29H39N7O3. The summed E-state index contributed by atoms with van der Waals surface area (Å²) in [6, 6.07) is 8.53. The molecule has 10 nitrogen and oxygen atoms in total. The minimum Gasteiger partial charge on any atom is -0.444 e. The van der Waals surface area contributed by atoms with Gasteiger partial charge in [0.2, 0.25) is 11.9 Å². The van der Waals surface area contributed by atoms with Gasteiger partial charge in [-0.05, 0) is 64.3 Å². The Morgan fingerprint density at radius 1 is 1.15 bits per heavy atom. The number of anilines is 3. The van der Waals surface area contributed by atoms with E-state index in [1.807, 2.05) is 6.92 Å². The van der Waals surface area contributed by atoms with Crippen molar-refractivity contribution in [2.45, 2.75) is 71.9 Å². The number of benzene rings is 1. The fourth-order valence-corrected chi connectivity index (χ4v) is 3.43. The van der Waals surface area contributed by atoms with Crippen molar-refractivity contribution >= 4 is 29.5 Å². The predicted octanol–water partition coefficient (Wildman–Crippen LogP) is 4.81. The fraction of sp³-hybridized carbons (Fsp3) is 0.483. The van der Waals surface area contributed by atoms with Crippen molar-refractivity contribution in [3.63, 3.8) is 0 Å². The lowest BCUT2D eigenvalue weighted by Gasteiger charge is -2.29. The number of unbranched alkanes of at least 4 members (excludes halogenated alkanes) is 1. The highest BCUT2D eigenvalue weighted by molar-refractivity contribution is 5.85. The third-order valence-corrected chi connectivity index (χ3v) is 5.44. The molecule has 0 aliphatic carbocycles. The standard InChI is InChI=1S/C29H39N7O3/c1-7-17-31-25-22(20-33-27(35-25)34-23-15-13-21(19-30)14-16-23)12-10-9-11-18-32-26(37)24(8-2)36(6)28(38)39-29(3,4)5/h13-16,20,24H,7-9,11,17-18H2,1-6H3,(H,32,37)(H2,31,33,34,35)/t24-/m0/s1. The SMILES string of the molecule is CCCNc1nc(Nc2ccc(C#N)cc2)ncc1C#CCCCNC(=O)[C@H](CC)N(C)C(=O)OC(C)(C)C. The fourth-order valence-electron chi connectivity index (χ4n) is 3.43. The number of carbonyl (C=O) groups excluding carboxylic acids is 2. The Kier molecular flexibility index (Phi) is 12.0. The quantitative estimate of drug-likeness (QED) is 0.277. The number of nitrogens with one attached hydrogen (secondary N) is 3. The van der Waals surface area contributed by atoms with Crippen LogP contribution in [0.3, 0.4) is 0 Å². The van der Waals surface area contributed by atoms with Gasteiger partial charge in [0.1, 0.15) is 17.5 Å². The molecule has 0 spiro atoms. The van der Waals surface area contributed by atoms with Gasteiger partial charge in [-0.2, -0.15) is 10.2 Å². The average Bonchev–Trinajstić information content (AvgIpc) is 2.90. The van der Waals surface area contributed by atoms with Gasteiger partial charge in [0, 0.05) is 32.2 Å². The lowest BCUT2D eigenvalue weighted by molar-refractivity contribution is -0.126. The molecule has 1 aromatic heterocycles. The minimum atomic E-state index is -0.627. The first kappa shape index (κ1) is 30.9. The molecule has 2 amide bonds. The first-order valence-electron chi connectivity index (χ1n) is 13.2. The van der Waals surface area contributed by atoms with Crippen LogP contribution in [0.15, 0.2) is 30.5 Å². The number of carbonyl (C=O) groups is 2. The van der Waals surface area contributed by atoms with Crippen LogP contribution < -0.4 is 16.0 Å². The summed E-state index contributed by atoms with van der Waals surface area (Å²) in [6.45, 7) is 10.5. The number of nitrogens with zero attached hydrogens (tertiary/aromatic N) is 4. The van der Waals surface area contributed by atoms with Crippen LogP contribution in [-0.2, 0) is 9.53 Å². The molecule has 39 heavy (non-hydrogen) atoms. The summed E-state index contributed by atoms with van der Waals surface area (Å²) in [5.74, 6) is 7.09. The van der Waals surface area contributed by atoms with Crippen molar-refractivity contribution < 1.29 is 14.3 Å². The van der Waals surface area contributed by atoms with Crippen molar-refractivity contribution in [2.24, 2.45) is 0 Å². The van der Waals surface area contributed by atoms with Gasteiger partial charge in [-0.25, -0.2) is 9.78 Å². The van der Waals surface area contributed by atoms with E-state index < -0.39 is 17.7 Å². The Hall–Kier alpha value is -4.31. The highest BCUT2D eigenvalue weighted by Gasteiger charge is 2.28. The molecule has 0 radical (unpaired) electrons. The molecule has 0 aliphatic rings. The molecule has 0 saturated carbocycles. The maximum atomic E-state index is 12.6. The van der Waals surface area contributed by atoms with Gasteiger partial charge in [-0.15, -0.1) is 0 Å². The van der Waals surface area contributed by atoms with Gasteiger partial charge >= 0.3 is 6.09 Å². The molecule has 3 N–H and O–H groups in total.